The molecule has 7 aromatic carbocycles. The summed E-state index contributed by atoms with van der Waals surface area (Å²) in [5.41, 5.74) is 26.1. The van der Waals surface area contributed by atoms with E-state index in [0.29, 0.717) is 0 Å². The van der Waals surface area contributed by atoms with Crippen LogP contribution < -0.4 is 0 Å². The van der Waals surface area contributed by atoms with Crippen LogP contribution in [0.1, 0.15) is 44.5 Å². The summed E-state index contributed by atoms with van der Waals surface area (Å²) in [5.74, 6) is 0.866. The first kappa shape index (κ1) is 42.1. The van der Waals surface area contributed by atoms with E-state index in [9.17, 15) is 0 Å². The van der Waals surface area contributed by atoms with Gasteiger partial charge >= 0.3 is 0 Å². The van der Waals surface area contributed by atoms with Gasteiger partial charge in [-0.25, -0.2) is 4.98 Å². The molecule has 334 valence electrons. The van der Waals surface area contributed by atoms with Gasteiger partial charge in [-0.15, -0.1) is 0 Å². The van der Waals surface area contributed by atoms with Crippen molar-refractivity contribution in [3.63, 3.8) is 0 Å². The Labute approximate surface area is 403 Å². The summed E-state index contributed by atoms with van der Waals surface area (Å²) < 4.78 is 11.6. The van der Waals surface area contributed by atoms with Gasteiger partial charge in [-0.1, -0.05) is 115 Å². The van der Waals surface area contributed by atoms with E-state index in [0.717, 1.165) is 67.1 Å². The second kappa shape index (κ2) is 16.2. The third kappa shape index (κ3) is 6.52. The molecule has 69 heavy (non-hydrogen) atoms. The van der Waals surface area contributed by atoms with Gasteiger partial charge in [0.2, 0.25) is 0 Å². The fourth-order valence-corrected chi connectivity index (χ4v) is 11.5. The van der Waals surface area contributed by atoms with E-state index in [1.807, 2.05) is 30.6 Å². The molecular weight excluding hydrogens is 841 g/mol. The number of nitrogens with zero attached hydrogens (tertiary/aromatic N) is 4. The van der Waals surface area contributed by atoms with Crippen LogP contribution in [0.3, 0.4) is 0 Å². The van der Waals surface area contributed by atoms with Crippen LogP contribution in [0.4, 0.5) is 0 Å². The molecule has 0 radical (unpaired) electrons. The Kier molecular flexibility index (Phi) is 9.89. The lowest BCUT2D eigenvalue weighted by Crippen LogP contribution is -2.04. The van der Waals surface area contributed by atoms with Crippen molar-refractivity contribution in [2.75, 3.05) is 0 Å². The summed E-state index contributed by atoms with van der Waals surface area (Å²) in [6.45, 7) is 17.9. The zero-order valence-electron chi connectivity index (χ0n) is 40.4. The molecule has 5 aromatic heterocycles. The third-order valence-corrected chi connectivity index (χ3v) is 14.5. The Morgan fingerprint density at radius 1 is 0.362 bits per heavy atom. The highest BCUT2D eigenvalue weighted by atomic mass is 16.3. The molecule has 0 spiro atoms. The molecule has 0 atom stereocenters. The summed E-state index contributed by atoms with van der Waals surface area (Å²) in [7, 11) is 0. The Morgan fingerprint density at radius 3 is 1.43 bits per heavy atom. The molecule has 0 unspecified atom stereocenters. The SMILES string of the molecule is Cc1cccc(C)c1-c1c(-c2c(C)cccc2C)n(-c2ccc3c(-c4c(C)cccc4C)c(-c4c(C)cccc4C)n(-c4ccccn4)c3c2)c2cc(-c3nccc4c3oc3ccccc34)ccc12. The van der Waals surface area contributed by atoms with E-state index < -0.39 is 0 Å². The Morgan fingerprint density at radius 2 is 0.870 bits per heavy atom. The average Bonchev–Trinajstić information content (AvgIpc) is 3.99. The molecule has 5 nitrogen and oxygen atoms in total. The van der Waals surface area contributed by atoms with Gasteiger partial charge in [0.1, 0.15) is 17.1 Å². The molecule has 0 aliphatic rings. The maximum Gasteiger partial charge on any atom is 0.161 e. The molecule has 0 aliphatic heterocycles. The van der Waals surface area contributed by atoms with E-state index in [-0.39, 0.29) is 0 Å². The summed E-state index contributed by atoms with van der Waals surface area (Å²) in [6.07, 6.45) is 3.82. The number of aromatic nitrogens is 4. The molecule has 0 aliphatic carbocycles. The van der Waals surface area contributed by atoms with Crippen LogP contribution >= 0.6 is 0 Å². The van der Waals surface area contributed by atoms with Crippen molar-refractivity contribution in [2.45, 2.75) is 55.4 Å². The monoisotopic (exact) mass is 892 g/mol. The highest BCUT2D eigenvalue weighted by molar-refractivity contribution is 6.13. The van der Waals surface area contributed by atoms with Gasteiger partial charge in [0.05, 0.1) is 22.4 Å². The summed E-state index contributed by atoms with van der Waals surface area (Å²) in [4.78, 5) is 10.2. The van der Waals surface area contributed by atoms with E-state index in [4.69, 9.17) is 14.4 Å². The van der Waals surface area contributed by atoms with Crippen molar-refractivity contribution >= 4 is 43.7 Å². The second-order valence-corrected chi connectivity index (χ2v) is 18.9. The molecule has 0 saturated carbocycles. The van der Waals surface area contributed by atoms with E-state index in [1.54, 1.807) is 0 Å². The first-order valence-corrected chi connectivity index (χ1v) is 23.9. The normalized spacial score (nSPS) is 11.8. The minimum atomic E-state index is 0.786. The lowest BCUT2D eigenvalue weighted by molar-refractivity contribution is 0.668. The summed E-state index contributed by atoms with van der Waals surface area (Å²) >= 11 is 0. The minimum Gasteiger partial charge on any atom is -0.454 e. The highest BCUT2D eigenvalue weighted by Crippen LogP contribution is 2.51. The lowest BCUT2D eigenvalue weighted by Gasteiger charge is -2.19. The van der Waals surface area contributed by atoms with Crippen molar-refractivity contribution < 1.29 is 4.42 Å². The van der Waals surface area contributed by atoms with Gasteiger partial charge in [0.15, 0.2) is 5.58 Å². The number of aryl methyl sites for hydroxylation is 8. The predicted molar refractivity (Wildman–Crippen MR) is 288 cm³/mol. The fourth-order valence-electron chi connectivity index (χ4n) is 11.5. The van der Waals surface area contributed by atoms with E-state index in [2.05, 4.69) is 204 Å². The fraction of sp³-hybridized carbons (Fsp3) is 0.125. The van der Waals surface area contributed by atoms with Gasteiger partial charge in [-0.05, 0) is 153 Å². The van der Waals surface area contributed by atoms with Crippen LogP contribution in [-0.4, -0.2) is 19.1 Å². The maximum absolute atomic E-state index is 6.64. The van der Waals surface area contributed by atoms with E-state index in [1.165, 1.54) is 88.7 Å². The predicted octanol–water partition coefficient (Wildman–Crippen LogP) is 17.1. The molecule has 12 aromatic rings. The smallest absolute Gasteiger partial charge is 0.161 e. The number of rotatable bonds is 7. The lowest BCUT2D eigenvalue weighted by atomic mass is 9.89. The number of hydrogen-bond donors (Lipinski definition) is 0. The Bertz CT molecular complexity index is 3970. The average molecular weight is 893 g/mol. The molecular formula is C64H52N4O. The number of para-hydroxylation sites is 1. The van der Waals surface area contributed by atoms with Crippen molar-refractivity contribution in [1.29, 1.82) is 0 Å². The van der Waals surface area contributed by atoms with Gasteiger partial charge in [0.25, 0.3) is 0 Å². The van der Waals surface area contributed by atoms with Crippen molar-refractivity contribution in [2.24, 2.45) is 0 Å². The Hall–Kier alpha value is -8.28. The Balaban J connectivity index is 1.27. The topological polar surface area (TPSA) is 48.8 Å². The van der Waals surface area contributed by atoms with Gasteiger partial charge in [-0.2, -0.15) is 0 Å². The molecule has 0 saturated heterocycles. The molecule has 0 N–H and O–H groups in total. The third-order valence-electron chi connectivity index (χ3n) is 14.5. The maximum atomic E-state index is 6.64. The standard InChI is InChI=1S/C64H52N4O/c1-37-17-13-18-38(2)55(37)59-49-30-28-45(61-64-48(32-34-66-61)47-25-9-10-26-53(47)69-64)35-51(49)67(62(59)57-41(5)21-15-22-42(57)6)46-29-31-50-52(36-46)68(54-27-11-12-33-65-54)63(58-43(7)23-16-24-44(58)8)60(50)56-39(3)19-14-20-40(56)4/h9-36H,1-8H3. The largest absolute Gasteiger partial charge is 0.454 e. The van der Waals surface area contributed by atoms with Crippen molar-refractivity contribution in [1.82, 2.24) is 19.1 Å². The number of pyridine rings is 2. The van der Waals surface area contributed by atoms with Crippen LogP contribution in [0.2, 0.25) is 0 Å². The molecule has 5 heteroatoms. The molecule has 0 fully saturated rings. The van der Waals surface area contributed by atoms with Crippen molar-refractivity contribution in [3.8, 4) is 67.5 Å². The molecule has 0 amide bonds. The summed E-state index contributed by atoms with van der Waals surface area (Å²) in [6, 6.07) is 57.2. The number of furan rings is 1. The van der Waals surface area contributed by atoms with Gasteiger partial charge in [0, 0.05) is 67.4 Å². The second-order valence-electron chi connectivity index (χ2n) is 18.9. The van der Waals surface area contributed by atoms with E-state index >= 15 is 0 Å². The quantitative estimate of drug-likeness (QED) is 0.160. The highest BCUT2D eigenvalue weighted by Gasteiger charge is 2.30. The molecule has 12 rings (SSSR count). The van der Waals surface area contributed by atoms with Crippen LogP contribution in [0.5, 0.6) is 0 Å². The molecule has 5 heterocycles. The van der Waals surface area contributed by atoms with Gasteiger partial charge in [-0.3, -0.25) is 9.55 Å². The zero-order chi connectivity index (χ0) is 47.2. The first-order chi connectivity index (χ1) is 33.6. The van der Waals surface area contributed by atoms with Crippen molar-refractivity contribution in [3.05, 3.63) is 215 Å². The zero-order valence-corrected chi connectivity index (χ0v) is 40.4. The van der Waals surface area contributed by atoms with Crippen LogP contribution in [0, 0.1) is 55.4 Å². The van der Waals surface area contributed by atoms with Crippen LogP contribution in [0.25, 0.3) is 111 Å². The van der Waals surface area contributed by atoms with Crippen LogP contribution in [0.15, 0.2) is 175 Å². The van der Waals surface area contributed by atoms with Crippen LogP contribution in [-0.2, 0) is 0 Å². The molecule has 0 bridgehead atoms. The minimum absolute atomic E-state index is 0.786. The van der Waals surface area contributed by atoms with Gasteiger partial charge < -0.3 is 8.98 Å². The summed E-state index contributed by atoms with van der Waals surface area (Å²) in [5, 5.41) is 4.47. The number of benzene rings is 7. The number of fused-ring (bicyclic) bond motifs is 5. The number of hydrogen-bond acceptors (Lipinski definition) is 3. The first-order valence-electron chi connectivity index (χ1n) is 23.9.